The summed E-state index contributed by atoms with van der Waals surface area (Å²) in [6.07, 6.45) is 4.79. The lowest BCUT2D eigenvalue weighted by Crippen LogP contribution is -2.21. The fourth-order valence-electron chi connectivity index (χ4n) is 2.23. The molecule has 0 heterocycles. The first kappa shape index (κ1) is 10.2. The van der Waals surface area contributed by atoms with E-state index >= 15 is 0 Å². The van der Waals surface area contributed by atoms with Gasteiger partial charge in [-0.25, -0.2) is 0 Å². The van der Waals surface area contributed by atoms with E-state index in [-0.39, 0.29) is 0 Å². The van der Waals surface area contributed by atoms with Crippen LogP contribution in [0.2, 0.25) is 0 Å². The normalized spacial score (nSPS) is 25.1. The zero-order valence-electron chi connectivity index (χ0n) is 9.07. The van der Waals surface area contributed by atoms with Crippen LogP contribution in [0.3, 0.4) is 0 Å². The molecule has 1 N–H and O–H groups in total. The lowest BCUT2D eigenvalue weighted by atomic mass is 10.1. The van der Waals surface area contributed by atoms with Crippen LogP contribution in [0.5, 0.6) is 0 Å². The molecule has 15 heavy (non-hydrogen) atoms. The minimum atomic E-state index is 0.604. The lowest BCUT2D eigenvalue weighted by molar-refractivity contribution is 0.112. The van der Waals surface area contributed by atoms with Gasteiger partial charge in [0.05, 0.1) is 0 Å². The van der Waals surface area contributed by atoms with Crippen molar-refractivity contribution in [2.45, 2.75) is 32.2 Å². The van der Waals surface area contributed by atoms with E-state index < -0.39 is 0 Å². The molecule has 0 aromatic heterocycles. The van der Waals surface area contributed by atoms with E-state index in [2.05, 4.69) is 12.2 Å². The SMILES string of the molecule is CC1CCCC1Nc1ccc(C=O)cc1. The summed E-state index contributed by atoms with van der Waals surface area (Å²) in [5, 5.41) is 3.53. The van der Waals surface area contributed by atoms with Crippen LogP contribution in [0.4, 0.5) is 5.69 Å². The van der Waals surface area contributed by atoms with Crippen LogP contribution in [0.25, 0.3) is 0 Å². The lowest BCUT2D eigenvalue weighted by Gasteiger charge is -2.18. The molecule has 1 saturated carbocycles. The fourth-order valence-corrected chi connectivity index (χ4v) is 2.23. The maximum absolute atomic E-state index is 10.5. The second-order valence-corrected chi connectivity index (χ2v) is 4.40. The molecule has 80 valence electrons. The summed E-state index contributed by atoms with van der Waals surface area (Å²) in [5.41, 5.74) is 1.86. The van der Waals surface area contributed by atoms with Gasteiger partial charge < -0.3 is 5.32 Å². The largest absolute Gasteiger partial charge is 0.382 e. The molecule has 1 aromatic carbocycles. The van der Waals surface area contributed by atoms with Crippen LogP contribution in [0, 0.1) is 5.92 Å². The molecule has 0 radical (unpaired) electrons. The van der Waals surface area contributed by atoms with Gasteiger partial charge in [0.2, 0.25) is 0 Å². The zero-order chi connectivity index (χ0) is 10.7. The summed E-state index contributed by atoms with van der Waals surface area (Å²) in [7, 11) is 0. The van der Waals surface area contributed by atoms with E-state index in [9.17, 15) is 4.79 Å². The molecule has 1 aliphatic carbocycles. The topological polar surface area (TPSA) is 29.1 Å². The smallest absolute Gasteiger partial charge is 0.150 e. The van der Waals surface area contributed by atoms with E-state index in [0.29, 0.717) is 6.04 Å². The highest BCUT2D eigenvalue weighted by atomic mass is 16.1. The van der Waals surface area contributed by atoms with E-state index in [4.69, 9.17) is 0 Å². The molecule has 2 unspecified atom stereocenters. The Morgan fingerprint density at radius 3 is 2.53 bits per heavy atom. The minimum Gasteiger partial charge on any atom is -0.382 e. The average molecular weight is 203 g/mol. The van der Waals surface area contributed by atoms with Gasteiger partial charge in [-0.2, -0.15) is 0 Å². The molecule has 2 rings (SSSR count). The Morgan fingerprint density at radius 2 is 2.00 bits per heavy atom. The molecule has 2 heteroatoms. The Kier molecular flexibility index (Phi) is 3.05. The first-order valence-corrected chi connectivity index (χ1v) is 5.61. The van der Waals surface area contributed by atoms with Crippen molar-refractivity contribution in [1.29, 1.82) is 0 Å². The van der Waals surface area contributed by atoms with Crippen LogP contribution < -0.4 is 5.32 Å². The molecule has 0 spiro atoms. The van der Waals surface area contributed by atoms with Crippen LogP contribution >= 0.6 is 0 Å². The van der Waals surface area contributed by atoms with Gasteiger partial charge in [-0.1, -0.05) is 13.3 Å². The highest BCUT2D eigenvalue weighted by Crippen LogP contribution is 2.27. The first-order valence-electron chi connectivity index (χ1n) is 5.61. The van der Waals surface area contributed by atoms with Crippen molar-refractivity contribution < 1.29 is 4.79 Å². The third-order valence-corrected chi connectivity index (χ3v) is 3.26. The Morgan fingerprint density at radius 1 is 1.27 bits per heavy atom. The highest BCUT2D eigenvalue weighted by molar-refractivity contribution is 5.75. The highest BCUT2D eigenvalue weighted by Gasteiger charge is 2.22. The van der Waals surface area contributed by atoms with Crippen molar-refractivity contribution in [3.63, 3.8) is 0 Å². The molecule has 0 saturated heterocycles. The van der Waals surface area contributed by atoms with E-state index in [1.54, 1.807) is 0 Å². The molecule has 2 atom stereocenters. The van der Waals surface area contributed by atoms with Crippen LogP contribution in [0.1, 0.15) is 36.5 Å². The maximum atomic E-state index is 10.5. The van der Waals surface area contributed by atoms with Gasteiger partial charge >= 0.3 is 0 Å². The number of anilines is 1. The summed E-state index contributed by atoms with van der Waals surface area (Å²) in [5.74, 6) is 0.760. The van der Waals surface area contributed by atoms with Crippen molar-refractivity contribution >= 4 is 12.0 Å². The first-order chi connectivity index (χ1) is 7.29. The third kappa shape index (κ3) is 2.38. The van der Waals surface area contributed by atoms with E-state index in [1.807, 2.05) is 24.3 Å². The number of rotatable bonds is 3. The van der Waals surface area contributed by atoms with E-state index in [0.717, 1.165) is 23.5 Å². The molecule has 0 aliphatic heterocycles. The number of hydrogen-bond acceptors (Lipinski definition) is 2. The molecular formula is C13H17NO. The number of carbonyl (C=O) groups excluding carboxylic acids is 1. The summed E-state index contributed by atoms with van der Waals surface area (Å²) in [6.45, 7) is 2.30. The van der Waals surface area contributed by atoms with Gasteiger partial charge in [-0.05, 0) is 43.0 Å². The number of carbonyl (C=O) groups is 1. The van der Waals surface area contributed by atoms with Crippen LogP contribution in [0.15, 0.2) is 24.3 Å². The maximum Gasteiger partial charge on any atom is 0.150 e. The summed E-state index contributed by atoms with van der Waals surface area (Å²) in [6, 6.07) is 8.28. The minimum absolute atomic E-state index is 0.604. The summed E-state index contributed by atoms with van der Waals surface area (Å²) < 4.78 is 0. The van der Waals surface area contributed by atoms with E-state index in [1.165, 1.54) is 19.3 Å². The molecule has 1 fully saturated rings. The molecule has 1 aliphatic rings. The zero-order valence-corrected chi connectivity index (χ0v) is 9.07. The van der Waals surface area contributed by atoms with Crippen LogP contribution in [-0.4, -0.2) is 12.3 Å². The van der Waals surface area contributed by atoms with Crippen molar-refractivity contribution in [2.24, 2.45) is 5.92 Å². The van der Waals surface area contributed by atoms with Crippen molar-refractivity contribution in [3.05, 3.63) is 29.8 Å². The third-order valence-electron chi connectivity index (χ3n) is 3.26. The number of hydrogen-bond donors (Lipinski definition) is 1. The van der Waals surface area contributed by atoms with Gasteiger partial charge in [0.15, 0.2) is 0 Å². The Bertz CT molecular complexity index is 331. The fraction of sp³-hybridized carbons (Fsp3) is 0.462. The van der Waals surface area contributed by atoms with Gasteiger partial charge in [0.25, 0.3) is 0 Å². The second-order valence-electron chi connectivity index (χ2n) is 4.40. The molecular weight excluding hydrogens is 186 g/mol. The van der Waals surface area contributed by atoms with Gasteiger partial charge in [0, 0.05) is 17.3 Å². The average Bonchev–Trinajstić information content (AvgIpc) is 2.66. The predicted molar refractivity (Wildman–Crippen MR) is 62.3 cm³/mol. The van der Waals surface area contributed by atoms with Gasteiger partial charge in [-0.3, -0.25) is 4.79 Å². The summed E-state index contributed by atoms with van der Waals surface area (Å²) >= 11 is 0. The molecule has 2 nitrogen and oxygen atoms in total. The number of aldehydes is 1. The molecule has 1 aromatic rings. The Labute approximate surface area is 90.7 Å². The van der Waals surface area contributed by atoms with Crippen molar-refractivity contribution in [3.8, 4) is 0 Å². The standard InChI is InChI=1S/C13H17NO/c1-10-3-2-4-13(10)14-12-7-5-11(9-15)6-8-12/h5-10,13-14H,2-4H2,1H3. The number of nitrogens with one attached hydrogen (secondary N) is 1. The predicted octanol–water partition coefficient (Wildman–Crippen LogP) is 3.10. The van der Waals surface area contributed by atoms with Gasteiger partial charge in [0.1, 0.15) is 6.29 Å². The quantitative estimate of drug-likeness (QED) is 0.765. The molecule has 0 bridgehead atoms. The number of benzene rings is 1. The van der Waals surface area contributed by atoms with Gasteiger partial charge in [-0.15, -0.1) is 0 Å². The molecule has 0 amide bonds. The van der Waals surface area contributed by atoms with Crippen molar-refractivity contribution in [1.82, 2.24) is 0 Å². The Hall–Kier alpha value is -1.31. The summed E-state index contributed by atoms with van der Waals surface area (Å²) in [4.78, 5) is 10.5. The van der Waals surface area contributed by atoms with Crippen LogP contribution in [-0.2, 0) is 0 Å². The second kappa shape index (κ2) is 4.47. The monoisotopic (exact) mass is 203 g/mol. The van der Waals surface area contributed by atoms with Crippen molar-refractivity contribution in [2.75, 3.05) is 5.32 Å². The Balaban J connectivity index is 2.01.